The molecule has 0 saturated heterocycles. The van der Waals surface area contributed by atoms with Gasteiger partial charge in [0, 0.05) is 0 Å². The van der Waals surface area contributed by atoms with E-state index in [0.717, 1.165) is 6.42 Å². The van der Waals surface area contributed by atoms with Crippen LogP contribution in [0.2, 0.25) is 0 Å². The third-order valence-electron chi connectivity index (χ3n) is 1.36. The Labute approximate surface area is 41.3 Å². The van der Waals surface area contributed by atoms with Gasteiger partial charge < -0.3 is 5.21 Å². The van der Waals surface area contributed by atoms with Crippen molar-refractivity contribution in [2.24, 2.45) is 0 Å². The van der Waals surface area contributed by atoms with E-state index in [9.17, 15) is 4.39 Å². The monoisotopic (exact) mass is 105 g/mol. The van der Waals surface area contributed by atoms with Gasteiger partial charge in [0.1, 0.15) is 6.17 Å². The standard InChI is InChI=1S/C4H8FNO/c5-3-1-2-4(3)6-7/h3-4,6-7H,1-2H2. The minimum atomic E-state index is -0.815. The van der Waals surface area contributed by atoms with Crippen molar-refractivity contribution < 1.29 is 9.60 Å². The van der Waals surface area contributed by atoms with E-state index in [2.05, 4.69) is 0 Å². The maximum Gasteiger partial charge on any atom is 0.118 e. The Morgan fingerprint density at radius 1 is 1.57 bits per heavy atom. The van der Waals surface area contributed by atoms with Crippen molar-refractivity contribution in [3.8, 4) is 0 Å². The van der Waals surface area contributed by atoms with Gasteiger partial charge in [-0.2, -0.15) is 5.48 Å². The van der Waals surface area contributed by atoms with Crippen molar-refractivity contribution in [1.29, 1.82) is 0 Å². The molecular formula is C4H8FNO. The van der Waals surface area contributed by atoms with Crippen LogP contribution in [0.1, 0.15) is 12.8 Å². The van der Waals surface area contributed by atoms with Gasteiger partial charge in [-0.25, -0.2) is 4.39 Å². The summed E-state index contributed by atoms with van der Waals surface area (Å²) in [7, 11) is 0. The molecular weight excluding hydrogens is 97.0 g/mol. The highest BCUT2D eigenvalue weighted by Gasteiger charge is 2.29. The maximum atomic E-state index is 12.0. The van der Waals surface area contributed by atoms with Gasteiger partial charge in [-0.3, -0.25) is 0 Å². The van der Waals surface area contributed by atoms with Gasteiger partial charge >= 0.3 is 0 Å². The van der Waals surface area contributed by atoms with E-state index in [4.69, 9.17) is 5.21 Å². The first kappa shape index (κ1) is 5.00. The van der Waals surface area contributed by atoms with Crippen LogP contribution in [0.15, 0.2) is 0 Å². The zero-order valence-corrected chi connectivity index (χ0v) is 3.89. The van der Waals surface area contributed by atoms with E-state index in [1.807, 2.05) is 5.48 Å². The molecule has 2 nitrogen and oxygen atoms in total. The molecule has 0 radical (unpaired) electrons. The summed E-state index contributed by atoms with van der Waals surface area (Å²) in [5, 5.41) is 8.07. The average Bonchev–Trinajstić information content (AvgIpc) is 1.65. The van der Waals surface area contributed by atoms with Crippen LogP contribution in [-0.2, 0) is 0 Å². The highest BCUT2D eigenvalue weighted by atomic mass is 19.1. The van der Waals surface area contributed by atoms with Crippen LogP contribution in [0, 0.1) is 0 Å². The van der Waals surface area contributed by atoms with Crippen LogP contribution in [-0.4, -0.2) is 17.4 Å². The molecule has 42 valence electrons. The van der Waals surface area contributed by atoms with Crippen LogP contribution >= 0.6 is 0 Å². The molecule has 0 heterocycles. The van der Waals surface area contributed by atoms with Crippen LogP contribution in [0.25, 0.3) is 0 Å². The van der Waals surface area contributed by atoms with E-state index in [1.54, 1.807) is 0 Å². The third-order valence-corrected chi connectivity index (χ3v) is 1.36. The first-order valence-corrected chi connectivity index (χ1v) is 2.38. The largest absolute Gasteiger partial charge is 0.316 e. The Morgan fingerprint density at radius 2 is 2.29 bits per heavy atom. The van der Waals surface area contributed by atoms with Gasteiger partial charge in [-0.15, -0.1) is 0 Å². The number of nitrogens with one attached hydrogen (secondary N) is 1. The molecule has 0 aliphatic heterocycles. The smallest absolute Gasteiger partial charge is 0.118 e. The lowest BCUT2D eigenvalue weighted by atomic mass is 9.92. The van der Waals surface area contributed by atoms with Crippen LogP contribution in [0.5, 0.6) is 0 Å². The van der Waals surface area contributed by atoms with Crippen molar-refractivity contribution in [1.82, 2.24) is 5.48 Å². The second kappa shape index (κ2) is 1.76. The topological polar surface area (TPSA) is 32.3 Å². The molecule has 0 spiro atoms. The molecule has 7 heavy (non-hydrogen) atoms. The molecule has 1 saturated carbocycles. The van der Waals surface area contributed by atoms with Gasteiger partial charge in [0.25, 0.3) is 0 Å². The lowest BCUT2D eigenvalue weighted by Crippen LogP contribution is -2.43. The van der Waals surface area contributed by atoms with Gasteiger partial charge in [-0.1, -0.05) is 0 Å². The minimum absolute atomic E-state index is 0.278. The predicted molar refractivity (Wildman–Crippen MR) is 22.8 cm³/mol. The van der Waals surface area contributed by atoms with E-state index in [0.29, 0.717) is 6.42 Å². The summed E-state index contributed by atoms with van der Waals surface area (Å²) in [6.07, 6.45) is 0.542. The first-order chi connectivity index (χ1) is 3.34. The molecule has 0 aromatic carbocycles. The Bertz CT molecular complexity index is 66.7. The van der Waals surface area contributed by atoms with E-state index >= 15 is 0 Å². The SMILES string of the molecule is ONC1CCC1F. The lowest BCUT2D eigenvalue weighted by molar-refractivity contribution is 0.0277. The van der Waals surface area contributed by atoms with Crippen molar-refractivity contribution in [2.75, 3.05) is 0 Å². The molecule has 1 fully saturated rings. The molecule has 0 amide bonds. The fourth-order valence-electron chi connectivity index (χ4n) is 0.605. The molecule has 2 unspecified atom stereocenters. The van der Waals surface area contributed by atoms with Gasteiger partial charge in [-0.05, 0) is 12.8 Å². The van der Waals surface area contributed by atoms with Crippen molar-refractivity contribution in [3.63, 3.8) is 0 Å². The predicted octanol–water partition coefficient (Wildman–Crippen LogP) is 0.466. The van der Waals surface area contributed by atoms with E-state index in [1.165, 1.54) is 0 Å². The average molecular weight is 105 g/mol. The van der Waals surface area contributed by atoms with Crippen LogP contribution in [0.3, 0.4) is 0 Å². The van der Waals surface area contributed by atoms with E-state index in [-0.39, 0.29) is 6.04 Å². The number of hydrogen-bond acceptors (Lipinski definition) is 2. The molecule has 3 heteroatoms. The van der Waals surface area contributed by atoms with Gasteiger partial charge in [0.2, 0.25) is 0 Å². The molecule has 1 aliphatic carbocycles. The minimum Gasteiger partial charge on any atom is -0.316 e. The van der Waals surface area contributed by atoms with Crippen molar-refractivity contribution in [3.05, 3.63) is 0 Å². The molecule has 0 aromatic rings. The summed E-state index contributed by atoms with van der Waals surface area (Å²) in [6, 6.07) is -0.278. The molecule has 2 N–H and O–H groups in total. The summed E-state index contributed by atoms with van der Waals surface area (Å²) >= 11 is 0. The number of rotatable bonds is 1. The Morgan fingerprint density at radius 3 is 2.29 bits per heavy atom. The Kier molecular flexibility index (Phi) is 1.25. The number of hydrogen-bond donors (Lipinski definition) is 2. The Hall–Kier alpha value is -0.150. The number of alkyl halides is 1. The quantitative estimate of drug-likeness (QED) is 0.475. The third kappa shape index (κ3) is 0.737. The summed E-state index contributed by atoms with van der Waals surface area (Å²) in [4.78, 5) is 0. The first-order valence-electron chi connectivity index (χ1n) is 2.38. The zero-order valence-electron chi connectivity index (χ0n) is 3.89. The van der Waals surface area contributed by atoms with Crippen LogP contribution in [0.4, 0.5) is 4.39 Å². The molecule has 2 atom stereocenters. The maximum absolute atomic E-state index is 12.0. The van der Waals surface area contributed by atoms with Crippen molar-refractivity contribution in [2.45, 2.75) is 25.1 Å². The molecule has 1 aliphatic rings. The highest BCUT2D eigenvalue weighted by Crippen LogP contribution is 2.21. The van der Waals surface area contributed by atoms with Crippen LogP contribution < -0.4 is 5.48 Å². The zero-order chi connectivity index (χ0) is 5.28. The number of halogens is 1. The van der Waals surface area contributed by atoms with Gasteiger partial charge in [0.15, 0.2) is 0 Å². The second-order valence-corrected chi connectivity index (χ2v) is 1.83. The summed E-state index contributed by atoms with van der Waals surface area (Å²) in [5.74, 6) is 0. The second-order valence-electron chi connectivity index (χ2n) is 1.83. The fourth-order valence-corrected chi connectivity index (χ4v) is 0.605. The molecule has 1 rings (SSSR count). The highest BCUT2D eigenvalue weighted by molar-refractivity contribution is 4.83. The summed E-state index contributed by atoms with van der Waals surface area (Å²) in [6.45, 7) is 0. The Balaban J connectivity index is 2.16. The normalized spacial score (nSPS) is 40.3. The van der Waals surface area contributed by atoms with E-state index < -0.39 is 6.17 Å². The number of hydroxylamine groups is 1. The molecule has 0 bridgehead atoms. The lowest BCUT2D eigenvalue weighted by Gasteiger charge is -2.28. The fraction of sp³-hybridized carbons (Fsp3) is 1.00. The summed E-state index contributed by atoms with van der Waals surface area (Å²) in [5.41, 5.74) is 1.88. The van der Waals surface area contributed by atoms with Gasteiger partial charge in [0.05, 0.1) is 6.04 Å². The molecule has 0 aromatic heterocycles. The van der Waals surface area contributed by atoms with Crippen molar-refractivity contribution >= 4 is 0 Å². The summed E-state index contributed by atoms with van der Waals surface area (Å²) < 4.78 is 12.0.